The van der Waals surface area contributed by atoms with Gasteiger partial charge in [-0.15, -0.1) is 0 Å². The number of para-hydroxylation sites is 1. The largest absolute Gasteiger partial charge is 0.490 e. The molecule has 0 aliphatic carbocycles. The van der Waals surface area contributed by atoms with E-state index in [4.69, 9.17) is 32.7 Å². The maximum atomic E-state index is 13.0. The van der Waals surface area contributed by atoms with Crippen molar-refractivity contribution in [3.63, 3.8) is 0 Å². The van der Waals surface area contributed by atoms with Gasteiger partial charge >= 0.3 is 0 Å². The Balaban J connectivity index is 1.57. The van der Waals surface area contributed by atoms with Crippen molar-refractivity contribution in [3.8, 4) is 11.5 Å². The molecular weight excluding hydrogens is 666 g/mol. The number of amides is 2. The Morgan fingerprint density at radius 2 is 1.84 bits per heavy atom. The molecular formula is C26H19Cl2IN2O6S. The zero-order valence-electron chi connectivity index (χ0n) is 19.8. The number of nitrogens with zero attached hydrogens (tertiary/aromatic N) is 2. The number of carbonyl (C=O) groups is 2. The highest BCUT2D eigenvalue weighted by Crippen LogP contribution is 2.39. The first-order valence-corrected chi connectivity index (χ1v) is 13.8. The molecule has 0 aromatic heterocycles. The maximum Gasteiger partial charge on any atom is 0.293 e. The quantitative estimate of drug-likeness (QED) is 0.0985. The number of benzene rings is 3. The van der Waals surface area contributed by atoms with Crippen LogP contribution in [0.15, 0.2) is 59.5 Å². The first-order valence-electron chi connectivity index (χ1n) is 11.2. The van der Waals surface area contributed by atoms with Gasteiger partial charge < -0.3 is 9.47 Å². The second-order valence-electron chi connectivity index (χ2n) is 7.94. The molecule has 0 atom stereocenters. The van der Waals surface area contributed by atoms with Crippen LogP contribution in [0.2, 0.25) is 10.0 Å². The lowest BCUT2D eigenvalue weighted by Gasteiger charge is -2.15. The molecule has 4 rings (SSSR count). The molecule has 38 heavy (non-hydrogen) atoms. The molecule has 0 unspecified atom stereocenters. The molecule has 0 bridgehead atoms. The van der Waals surface area contributed by atoms with E-state index in [0.29, 0.717) is 33.7 Å². The molecule has 1 fully saturated rings. The zero-order chi connectivity index (χ0) is 27.4. The summed E-state index contributed by atoms with van der Waals surface area (Å²) in [7, 11) is 0. The van der Waals surface area contributed by atoms with Gasteiger partial charge in [0, 0.05) is 27.2 Å². The van der Waals surface area contributed by atoms with Gasteiger partial charge in [0.25, 0.3) is 16.8 Å². The van der Waals surface area contributed by atoms with Crippen LogP contribution in [-0.4, -0.2) is 27.6 Å². The predicted molar refractivity (Wildman–Crippen MR) is 156 cm³/mol. The standard InChI is InChI=1S/C26H19Cl2IN2O6S/c1-2-36-22-10-15(9-20(29)24(22)37-14-17-7-8-18(27)12-19(17)28)11-23-25(32)30(26(33)38-23)13-16-5-3-4-6-21(16)31(34)35/h3-12H,2,13-14H2,1H3. The monoisotopic (exact) mass is 684 g/mol. The number of hydrogen-bond acceptors (Lipinski definition) is 7. The van der Waals surface area contributed by atoms with Crippen molar-refractivity contribution in [3.05, 3.63) is 99.9 Å². The SMILES string of the molecule is CCOc1cc(C=C2SC(=O)N(Cc3ccccc3[N+](=O)[O-])C2=O)cc(I)c1OCc1ccc(Cl)cc1Cl. The van der Waals surface area contributed by atoms with E-state index < -0.39 is 16.1 Å². The number of nitro groups is 1. The minimum atomic E-state index is -0.536. The van der Waals surface area contributed by atoms with E-state index in [0.717, 1.165) is 25.8 Å². The lowest BCUT2D eigenvalue weighted by atomic mass is 10.1. The molecule has 3 aromatic rings. The van der Waals surface area contributed by atoms with Gasteiger partial charge in [-0.3, -0.25) is 24.6 Å². The fraction of sp³-hybridized carbons (Fsp3) is 0.154. The van der Waals surface area contributed by atoms with Crippen molar-refractivity contribution in [2.24, 2.45) is 0 Å². The molecule has 3 aromatic carbocycles. The lowest BCUT2D eigenvalue weighted by molar-refractivity contribution is -0.385. The van der Waals surface area contributed by atoms with E-state index in [-0.39, 0.29) is 29.3 Å². The van der Waals surface area contributed by atoms with Crippen molar-refractivity contribution >= 4 is 80.5 Å². The van der Waals surface area contributed by atoms with Gasteiger partial charge in [-0.05, 0) is 77.2 Å². The summed E-state index contributed by atoms with van der Waals surface area (Å²) >= 11 is 15.1. The van der Waals surface area contributed by atoms with E-state index in [1.54, 1.807) is 42.5 Å². The fourth-order valence-electron chi connectivity index (χ4n) is 3.64. The van der Waals surface area contributed by atoms with Crippen LogP contribution in [0.4, 0.5) is 10.5 Å². The Morgan fingerprint density at radius 3 is 2.55 bits per heavy atom. The maximum absolute atomic E-state index is 13.0. The number of carbonyl (C=O) groups excluding carboxylic acids is 2. The molecule has 8 nitrogen and oxygen atoms in total. The summed E-state index contributed by atoms with van der Waals surface area (Å²) in [6, 6.07) is 14.7. The van der Waals surface area contributed by atoms with Crippen LogP contribution in [0.3, 0.4) is 0 Å². The number of thioether (sulfide) groups is 1. The van der Waals surface area contributed by atoms with Gasteiger partial charge in [-0.1, -0.05) is 47.5 Å². The molecule has 1 heterocycles. The van der Waals surface area contributed by atoms with Crippen LogP contribution in [0, 0.1) is 13.7 Å². The van der Waals surface area contributed by atoms with Crippen LogP contribution >= 0.6 is 57.6 Å². The molecule has 1 aliphatic rings. The molecule has 12 heteroatoms. The highest BCUT2D eigenvalue weighted by molar-refractivity contribution is 14.1. The van der Waals surface area contributed by atoms with E-state index in [1.807, 2.05) is 6.92 Å². The topological polar surface area (TPSA) is 99.0 Å². The van der Waals surface area contributed by atoms with Gasteiger partial charge in [0.05, 0.1) is 26.6 Å². The third kappa shape index (κ3) is 6.42. The Hall–Kier alpha value is -2.80. The number of hydrogen-bond donors (Lipinski definition) is 0. The van der Waals surface area contributed by atoms with Crippen molar-refractivity contribution in [2.45, 2.75) is 20.1 Å². The van der Waals surface area contributed by atoms with Crippen LogP contribution < -0.4 is 9.47 Å². The first kappa shape index (κ1) is 28.2. The van der Waals surface area contributed by atoms with Gasteiger partial charge in [-0.25, -0.2) is 0 Å². The zero-order valence-corrected chi connectivity index (χ0v) is 24.3. The van der Waals surface area contributed by atoms with E-state index in [1.165, 1.54) is 18.2 Å². The summed E-state index contributed by atoms with van der Waals surface area (Å²) in [4.78, 5) is 37.7. The van der Waals surface area contributed by atoms with Gasteiger partial charge in [0.1, 0.15) is 6.61 Å². The summed E-state index contributed by atoms with van der Waals surface area (Å²) in [5, 5.41) is 11.8. The fourth-order valence-corrected chi connectivity index (χ4v) is 5.73. The van der Waals surface area contributed by atoms with E-state index in [9.17, 15) is 19.7 Å². The van der Waals surface area contributed by atoms with E-state index >= 15 is 0 Å². The average molecular weight is 685 g/mol. The molecule has 0 radical (unpaired) electrons. The summed E-state index contributed by atoms with van der Waals surface area (Å²) in [5.41, 5.74) is 1.51. The second kappa shape index (κ2) is 12.4. The highest BCUT2D eigenvalue weighted by Gasteiger charge is 2.36. The molecule has 0 N–H and O–H groups in total. The second-order valence-corrected chi connectivity index (χ2v) is 10.9. The minimum absolute atomic E-state index is 0.151. The van der Waals surface area contributed by atoms with E-state index in [2.05, 4.69) is 22.6 Å². The Morgan fingerprint density at radius 1 is 1.08 bits per heavy atom. The molecule has 0 saturated carbocycles. The number of imide groups is 1. The first-order chi connectivity index (χ1) is 18.2. The molecule has 1 saturated heterocycles. The van der Waals surface area contributed by atoms with Crippen LogP contribution in [0.1, 0.15) is 23.6 Å². The van der Waals surface area contributed by atoms with Crippen LogP contribution in [-0.2, 0) is 17.9 Å². The summed E-state index contributed by atoms with van der Waals surface area (Å²) in [6.07, 6.45) is 1.59. The van der Waals surface area contributed by atoms with Crippen LogP contribution in [0.5, 0.6) is 11.5 Å². The predicted octanol–water partition coefficient (Wildman–Crippen LogP) is 7.72. The molecule has 1 aliphatic heterocycles. The Bertz CT molecular complexity index is 1470. The van der Waals surface area contributed by atoms with Crippen molar-refractivity contribution in [1.29, 1.82) is 0 Å². The molecule has 196 valence electrons. The Labute approximate surface area is 246 Å². The normalized spacial score (nSPS) is 14.3. The highest BCUT2D eigenvalue weighted by atomic mass is 127. The van der Waals surface area contributed by atoms with Gasteiger partial charge in [-0.2, -0.15) is 0 Å². The summed E-state index contributed by atoms with van der Waals surface area (Å²) in [6.45, 7) is 2.22. The lowest BCUT2D eigenvalue weighted by Crippen LogP contribution is -2.27. The van der Waals surface area contributed by atoms with Crippen molar-refractivity contribution in [1.82, 2.24) is 4.90 Å². The number of rotatable bonds is 9. The van der Waals surface area contributed by atoms with Crippen LogP contribution in [0.25, 0.3) is 6.08 Å². The van der Waals surface area contributed by atoms with Crippen molar-refractivity contribution < 1.29 is 24.0 Å². The molecule has 2 amide bonds. The number of ether oxygens (including phenoxy) is 2. The third-order valence-corrected chi connectivity index (χ3v) is 7.70. The van der Waals surface area contributed by atoms with Crippen molar-refractivity contribution in [2.75, 3.05) is 6.61 Å². The average Bonchev–Trinajstić information content (AvgIpc) is 3.12. The molecule has 0 spiro atoms. The Kier molecular flexibility index (Phi) is 9.19. The summed E-state index contributed by atoms with van der Waals surface area (Å²) < 4.78 is 12.6. The minimum Gasteiger partial charge on any atom is -0.490 e. The van der Waals surface area contributed by atoms with Gasteiger partial charge in [0.15, 0.2) is 11.5 Å². The smallest absolute Gasteiger partial charge is 0.293 e. The third-order valence-electron chi connectivity index (χ3n) is 5.41. The van der Waals surface area contributed by atoms with Gasteiger partial charge in [0.2, 0.25) is 0 Å². The summed E-state index contributed by atoms with van der Waals surface area (Å²) in [5.74, 6) is 0.457. The number of nitro benzene ring substituents is 1. The number of halogens is 3.